The van der Waals surface area contributed by atoms with Crippen LogP contribution in [0.15, 0.2) is 34.9 Å². The largest absolute Gasteiger partial charge is 0.492 e. The van der Waals surface area contributed by atoms with E-state index >= 15 is 0 Å². The van der Waals surface area contributed by atoms with Gasteiger partial charge < -0.3 is 15.4 Å². The molecule has 20 heavy (non-hydrogen) atoms. The first-order valence-corrected chi connectivity index (χ1v) is 6.80. The number of aromatic nitrogens is 2. The summed E-state index contributed by atoms with van der Waals surface area (Å²) in [4.78, 5) is 13.6. The van der Waals surface area contributed by atoms with Crippen molar-refractivity contribution in [3.8, 4) is 5.75 Å². The Hall–Kier alpha value is -2.02. The van der Waals surface area contributed by atoms with E-state index in [4.69, 9.17) is 10.5 Å². The molecule has 3 N–H and O–H groups in total. The third-order valence-electron chi connectivity index (χ3n) is 2.74. The third kappa shape index (κ3) is 3.51. The van der Waals surface area contributed by atoms with Gasteiger partial charge in [-0.2, -0.15) is 5.10 Å². The number of H-pyrrole nitrogens is 1. The van der Waals surface area contributed by atoms with Gasteiger partial charge >= 0.3 is 0 Å². The van der Waals surface area contributed by atoms with Crippen LogP contribution in [-0.2, 0) is 0 Å². The number of halogens is 1. The molecule has 0 unspecified atom stereocenters. The fourth-order valence-corrected chi connectivity index (χ4v) is 1.85. The van der Waals surface area contributed by atoms with Crippen LogP contribution in [0, 0.1) is 0 Å². The quantitative estimate of drug-likeness (QED) is 0.872. The third-order valence-corrected chi connectivity index (χ3v) is 3.27. The van der Waals surface area contributed by atoms with Crippen molar-refractivity contribution in [3.05, 3.63) is 40.6 Å². The number of aromatic amines is 1. The fourth-order valence-electron chi connectivity index (χ4n) is 1.59. The maximum atomic E-state index is 12.0. The van der Waals surface area contributed by atoms with Gasteiger partial charge in [0.05, 0.1) is 18.4 Å². The number of likely N-dealkylation sites (N-methyl/N-ethyl adjacent to an activating group) is 1. The van der Waals surface area contributed by atoms with E-state index < -0.39 is 0 Å². The molecule has 2 aromatic rings. The van der Waals surface area contributed by atoms with Gasteiger partial charge in [-0.3, -0.25) is 9.89 Å². The first-order valence-electron chi connectivity index (χ1n) is 6.00. The lowest BCUT2D eigenvalue weighted by atomic mass is 10.3. The van der Waals surface area contributed by atoms with Crippen molar-refractivity contribution in [1.29, 1.82) is 0 Å². The number of nitrogens with zero attached hydrogens (tertiary/aromatic N) is 2. The summed E-state index contributed by atoms with van der Waals surface area (Å²) in [5, 5.41) is 6.32. The molecule has 1 aromatic heterocycles. The molecule has 1 aromatic carbocycles. The highest BCUT2D eigenvalue weighted by Crippen LogP contribution is 2.16. The van der Waals surface area contributed by atoms with Gasteiger partial charge in [-0.25, -0.2) is 0 Å². The molecule has 0 saturated heterocycles. The summed E-state index contributed by atoms with van der Waals surface area (Å²) in [5.74, 6) is 0.550. The van der Waals surface area contributed by atoms with Crippen molar-refractivity contribution in [2.45, 2.75) is 0 Å². The zero-order valence-electron chi connectivity index (χ0n) is 11.0. The molecule has 0 atom stereocenters. The summed E-state index contributed by atoms with van der Waals surface area (Å²) >= 11 is 3.36. The summed E-state index contributed by atoms with van der Waals surface area (Å²) in [6.07, 6.45) is 1.42. The molecule has 6 nitrogen and oxygen atoms in total. The minimum absolute atomic E-state index is 0.209. The van der Waals surface area contributed by atoms with E-state index in [2.05, 4.69) is 26.1 Å². The van der Waals surface area contributed by atoms with E-state index in [1.54, 1.807) is 7.05 Å². The normalized spacial score (nSPS) is 10.3. The highest BCUT2D eigenvalue weighted by atomic mass is 79.9. The second-order valence-corrected chi connectivity index (χ2v) is 5.15. The monoisotopic (exact) mass is 338 g/mol. The number of ether oxygens (including phenoxy) is 1. The number of rotatable bonds is 5. The Morgan fingerprint density at radius 3 is 2.75 bits per heavy atom. The van der Waals surface area contributed by atoms with Gasteiger partial charge in [0, 0.05) is 11.5 Å². The van der Waals surface area contributed by atoms with E-state index in [-0.39, 0.29) is 5.91 Å². The Balaban J connectivity index is 1.83. The van der Waals surface area contributed by atoms with Crippen LogP contribution in [0.4, 0.5) is 5.69 Å². The second kappa shape index (κ2) is 6.42. The van der Waals surface area contributed by atoms with Crippen LogP contribution in [0.5, 0.6) is 5.75 Å². The van der Waals surface area contributed by atoms with E-state index in [1.807, 2.05) is 24.3 Å². The number of carbonyl (C=O) groups excluding carboxylic acids is 1. The number of benzene rings is 1. The van der Waals surface area contributed by atoms with Gasteiger partial charge in [0.1, 0.15) is 18.1 Å². The number of anilines is 1. The van der Waals surface area contributed by atoms with Crippen molar-refractivity contribution >= 4 is 27.5 Å². The van der Waals surface area contributed by atoms with Crippen molar-refractivity contribution in [2.24, 2.45) is 0 Å². The van der Waals surface area contributed by atoms with Gasteiger partial charge in [-0.15, -0.1) is 0 Å². The summed E-state index contributed by atoms with van der Waals surface area (Å²) < 4.78 is 6.55. The predicted octanol–water partition coefficient (Wildman–Crippen LogP) is 1.91. The first kappa shape index (κ1) is 14.4. The number of nitrogens with two attached hydrogens (primary N) is 1. The van der Waals surface area contributed by atoms with Crippen LogP contribution in [0.1, 0.15) is 10.5 Å². The smallest absolute Gasteiger partial charge is 0.273 e. The highest BCUT2D eigenvalue weighted by Gasteiger charge is 2.16. The Morgan fingerprint density at radius 1 is 1.45 bits per heavy atom. The zero-order chi connectivity index (χ0) is 14.5. The maximum Gasteiger partial charge on any atom is 0.273 e. The van der Waals surface area contributed by atoms with Crippen molar-refractivity contribution in [1.82, 2.24) is 15.1 Å². The molecule has 1 heterocycles. The number of carbonyl (C=O) groups is 1. The number of nitrogens with one attached hydrogen (secondary N) is 1. The van der Waals surface area contributed by atoms with Gasteiger partial charge in [0.25, 0.3) is 5.91 Å². The average molecular weight is 339 g/mol. The number of amides is 1. The number of nitrogen functional groups attached to an aromatic ring is 1. The first-order chi connectivity index (χ1) is 9.58. The predicted molar refractivity (Wildman–Crippen MR) is 79.6 cm³/mol. The van der Waals surface area contributed by atoms with Crippen molar-refractivity contribution in [3.63, 3.8) is 0 Å². The summed E-state index contributed by atoms with van der Waals surface area (Å²) in [6.45, 7) is 0.852. The fraction of sp³-hybridized carbons (Fsp3) is 0.231. The summed E-state index contributed by atoms with van der Waals surface area (Å²) in [7, 11) is 1.69. The van der Waals surface area contributed by atoms with Crippen LogP contribution in [-0.4, -0.2) is 41.2 Å². The molecule has 0 radical (unpaired) electrons. The lowest BCUT2D eigenvalue weighted by molar-refractivity contribution is 0.0769. The molecule has 0 aliphatic carbocycles. The average Bonchev–Trinajstić information content (AvgIpc) is 2.86. The number of hydrogen-bond acceptors (Lipinski definition) is 4. The van der Waals surface area contributed by atoms with Crippen LogP contribution in [0.25, 0.3) is 0 Å². The lowest BCUT2D eigenvalue weighted by Crippen LogP contribution is -2.31. The molecule has 0 aliphatic heterocycles. The maximum absolute atomic E-state index is 12.0. The Morgan fingerprint density at radius 2 is 2.15 bits per heavy atom. The van der Waals surface area contributed by atoms with Crippen LogP contribution >= 0.6 is 15.9 Å². The molecular formula is C13H15BrN4O2. The minimum Gasteiger partial charge on any atom is -0.492 e. The Labute approximate surface area is 125 Å². The molecule has 0 aliphatic rings. The molecule has 0 saturated carbocycles. The van der Waals surface area contributed by atoms with Gasteiger partial charge in [0.15, 0.2) is 0 Å². The van der Waals surface area contributed by atoms with Crippen LogP contribution in [0.2, 0.25) is 0 Å². The Bertz CT molecular complexity index is 582. The molecule has 1 amide bonds. The lowest BCUT2D eigenvalue weighted by Gasteiger charge is -2.16. The highest BCUT2D eigenvalue weighted by molar-refractivity contribution is 9.10. The van der Waals surface area contributed by atoms with Crippen LogP contribution < -0.4 is 10.5 Å². The van der Waals surface area contributed by atoms with Gasteiger partial charge in [0.2, 0.25) is 0 Å². The molecule has 106 valence electrons. The topological polar surface area (TPSA) is 84.2 Å². The summed E-state index contributed by atoms with van der Waals surface area (Å²) in [5.41, 5.74) is 6.28. The van der Waals surface area contributed by atoms with E-state index in [1.165, 1.54) is 11.1 Å². The molecule has 0 fully saturated rings. The van der Waals surface area contributed by atoms with Gasteiger partial charge in [-0.1, -0.05) is 15.9 Å². The number of hydrogen-bond donors (Lipinski definition) is 2. The second-order valence-electron chi connectivity index (χ2n) is 4.23. The van der Waals surface area contributed by atoms with Crippen LogP contribution in [0.3, 0.4) is 0 Å². The molecule has 2 rings (SSSR count). The molecule has 0 spiro atoms. The molecule has 0 bridgehead atoms. The minimum atomic E-state index is -0.209. The van der Waals surface area contributed by atoms with Crippen molar-refractivity contribution < 1.29 is 9.53 Å². The van der Waals surface area contributed by atoms with Crippen molar-refractivity contribution in [2.75, 3.05) is 25.9 Å². The van der Waals surface area contributed by atoms with E-state index in [0.717, 1.165) is 10.2 Å². The Kier molecular flexibility index (Phi) is 4.62. The van der Waals surface area contributed by atoms with E-state index in [9.17, 15) is 4.79 Å². The standard InChI is InChI=1S/C13H15BrN4O2/c1-18(13(19)12-11(15)8-16-17-12)6-7-20-10-4-2-9(14)3-5-10/h2-5,8H,6-7,15H2,1H3,(H,16,17). The molecular weight excluding hydrogens is 324 g/mol. The zero-order valence-corrected chi connectivity index (χ0v) is 12.6. The van der Waals surface area contributed by atoms with E-state index in [0.29, 0.717) is 24.5 Å². The summed E-state index contributed by atoms with van der Waals surface area (Å²) in [6, 6.07) is 7.52. The molecule has 7 heteroatoms. The van der Waals surface area contributed by atoms with Gasteiger partial charge in [-0.05, 0) is 24.3 Å². The SMILES string of the molecule is CN(CCOc1ccc(Br)cc1)C(=O)c1[nH]ncc1N.